The first-order valence-electron chi connectivity index (χ1n) is 4.87. The summed E-state index contributed by atoms with van der Waals surface area (Å²) in [6, 6.07) is 4.57. The summed E-state index contributed by atoms with van der Waals surface area (Å²) < 4.78 is 0. The molecule has 0 aliphatic rings. The number of nitrogens with two attached hydrogens (primary N) is 1. The second kappa shape index (κ2) is 5.07. The molecule has 0 aromatic heterocycles. The smallest absolute Gasteiger partial charge is 0.336 e. The number of hydrogen-bond donors (Lipinski definition) is 4. The topological polar surface area (TPSA) is 104 Å². The second-order valence-corrected chi connectivity index (χ2v) is 3.64. The van der Waals surface area contributed by atoms with Gasteiger partial charge in [0.2, 0.25) is 0 Å². The number of aryl methyl sites for hydroxylation is 1. The van der Waals surface area contributed by atoms with Crippen molar-refractivity contribution in [3.05, 3.63) is 34.9 Å². The van der Waals surface area contributed by atoms with Crippen LogP contribution in [0.4, 0.5) is 0 Å². The van der Waals surface area contributed by atoms with Crippen molar-refractivity contribution in [1.82, 2.24) is 0 Å². The van der Waals surface area contributed by atoms with Crippen LogP contribution in [0.15, 0.2) is 18.2 Å². The van der Waals surface area contributed by atoms with Crippen LogP contribution in [-0.4, -0.2) is 33.9 Å². The van der Waals surface area contributed by atoms with Crippen LogP contribution < -0.4 is 5.73 Å². The zero-order chi connectivity index (χ0) is 12.3. The average Bonchev–Trinajstić information content (AvgIpc) is 2.26. The molecule has 5 heteroatoms. The highest BCUT2D eigenvalue weighted by Gasteiger charge is 2.22. The van der Waals surface area contributed by atoms with Gasteiger partial charge in [0.25, 0.3) is 0 Å². The first kappa shape index (κ1) is 12.6. The summed E-state index contributed by atoms with van der Waals surface area (Å²) in [5, 5.41) is 28.1. The monoisotopic (exact) mass is 225 g/mol. The van der Waals surface area contributed by atoms with Gasteiger partial charge in [0.15, 0.2) is 0 Å². The lowest BCUT2D eigenvalue weighted by Gasteiger charge is -2.18. The fourth-order valence-electron chi connectivity index (χ4n) is 1.46. The molecule has 0 amide bonds. The van der Waals surface area contributed by atoms with Crippen molar-refractivity contribution in [2.45, 2.75) is 19.1 Å². The third kappa shape index (κ3) is 2.57. The van der Waals surface area contributed by atoms with E-state index >= 15 is 0 Å². The minimum atomic E-state index is -1.28. The number of aliphatic hydroxyl groups is 2. The Bertz CT molecular complexity index is 392. The SMILES string of the molecule is Cc1ccc(C(=O)O)c(C(O)C(O)CN)c1. The molecule has 0 saturated carbocycles. The van der Waals surface area contributed by atoms with Crippen LogP contribution in [0.2, 0.25) is 0 Å². The number of aromatic carboxylic acids is 1. The quantitative estimate of drug-likeness (QED) is 0.579. The molecule has 1 aromatic rings. The molecular formula is C11H15NO4. The van der Waals surface area contributed by atoms with E-state index in [0.29, 0.717) is 0 Å². The largest absolute Gasteiger partial charge is 0.478 e. The molecule has 5 nitrogen and oxygen atoms in total. The van der Waals surface area contributed by atoms with Gasteiger partial charge in [-0.15, -0.1) is 0 Å². The summed E-state index contributed by atoms with van der Waals surface area (Å²) >= 11 is 0. The number of aliphatic hydroxyl groups excluding tert-OH is 2. The van der Waals surface area contributed by atoms with E-state index in [-0.39, 0.29) is 17.7 Å². The number of hydrogen-bond acceptors (Lipinski definition) is 4. The Morgan fingerprint density at radius 1 is 1.44 bits per heavy atom. The molecule has 16 heavy (non-hydrogen) atoms. The predicted octanol–water partition coefficient (Wildman–Crippen LogP) is 0.0462. The third-order valence-electron chi connectivity index (χ3n) is 2.36. The van der Waals surface area contributed by atoms with Crippen LogP contribution in [-0.2, 0) is 0 Å². The van der Waals surface area contributed by atoms with Gasteiger partial charge in [0.1, 0.15) is 6.10 Å². The molecule has 0 aliphatic heterocycles. The Hall–Kier alpha value is -1.43. The van der Waals surface area contributed by atoms with E-state index in [9.17, 15) is 15.0 Å². The van der Waals surface area contributed by atoms with Crippen molar-refractivity contribution in [2.24, 2.45) is 5.73 Å². The minimum Gasteiger partial charge on any atom is -0.478 e. The predicted molar refractivity (Wildman–Crippen MR) is 58.2 cm³/mol. The molecular weight excluding hydrogens is 210 g/mol. The van der Waals surface area contributed by atoms with E-state index in [2.05, 4.69) is 0 Å². The second-order valence-electron chi connectivity index (χ2n) is 3.64. The molecule has 88 valence electrons. The lowest BCUT2D eigenvalue weighted by atomic mass is 9.96. The fraction of sp³-hybridized carbons (Fsp3) is 0.364. The molecule has 0 aliphatic carbocycles. The van der Waals surface area contributed by atoms with E-state index in [0.717, 1.165) is 5.56 Å². The number of benzene rings is 1. The summed E-state index contributed by atoms with van der Waals surface area (Å²) in [5.74, 6) is -1.14. The van der Waals surface area contributed by atoms with Crippen LogP contribution in [0.5, 0.6) is 0 Å². The van der Waals surface area contributed by atoms with E-state index < -0.39 is 18.2 Å². The van der Waals surface area contributed by atoms with Gasteiger partial charge in [-0.25, -0.2) is 4.79 Å². The standard InChI is InChI=1S/C11H15NO4/c1-6-2-3-7(11(15)16)8(4-6)10(14)9(13)5-12/h2-4,9-10,13-14H,5,12H2,1H3,(H,15,16). The number of carboxylic acid groups (broad SMARTS) is 1. The fourth-order valence-corrected chi connectivity index (χ4v) is 1.46. The Labute approximate surface area is 93.1 Å². The van der Waals surface area contributed by atoms with Crippen molar-refractivity contribution < 1.29 is 20.1 Å². The maximum Gasteiger partial charge on any atom is 0.336 e. The van der Waals surface area contributed by atoms with Crippen molar-refractivity contribution in [3.63, 3.8) is 0 Å². The van der Waals surface area contributed by atoms with Gasteiger partial charge in [0, 0.05) is 6.54 Å². The molecule has 5 N–H and O–H groups in total. The summed E-state index contributed by atoms with van der Waals surface area (Å²) in [6.07, 6.45) is -2.45. The Kier molecular flexibility index (Phi) is 4.00. The zero-order valence-corrected chi connectivity index (χ0v) is 8.92. The van der Waals surface area contributed by atoms with Crippen molar-refractivity contribution in [3.8, 4) is 0 Å². The summed E-state index contributed by atoms with van der Waals surface area (Å²) in [7, 11) is 0. The molecule has 0 saturated heterocycles. The first-order chi connectivity index (χ1) is 7.47. The van der Waals surface area contributed by atoms with Gasteiger partial charge in [-0.1, -0.05) is 17.7 Å². The van der Waals surface area contributed by atoms with Gasteiger partial charge < -0.3 is 21.1 Å². The highest BCUT2D eigenvalue weighted by atomic mass is 16.4. The molecule has 2 atom stereocenters. The van der Waals surface area contributed by atoms with Gasteiger partial charge in [-0.05, 0) is 18.6 Å². The molecule has 0 heterocycles. The van der Waals surface area contributed by atoms with Crippen LogP contribution in [0.25, 0.3) is 0 Å². The normalized spacial score (nSPS) is 14.5. The number of carbonyl (C=O) groups is 1. The van der Waals surface area contributed by atoms with Crippen LogP contribution in [0.1, 0.15) is 27.6 Å². The van der Waals surface area contributed by atoms with E-state index in [1.807, 2.05) is 0 Å². The Morgan fingerprint density at radius 3 is 2.56 bits per heavy atom. The minimum absolute atomic E-state index is 0.0226. The summed E-state index contributed by atoms with van der Waals surface area (Å²) in [4.78, 5) is 10.9. The molecule has 0 spiro atoms. The molecule has 1 rings (SSSR count). The van der Waals surface area contributed by atoms with E-state index in [1.54, 1.807) is 13.0 Å². The Morgan fingerprint density at radius 2 is 2.06 bits per heavy atom. The maximum atomic E-state index is 10.9. The average molecular weight is 225 g/mol. The molecule has 2 unspecified atom stereocenters. The van der Waals surface area contributed by atoms with Crippen LogP contribution in [0, 0.1) is 6.92 Å². The zero-order valence-electron chi connectivity index (χ0n) is 8.92. The molecule has 0 fully saturated rings. The lowest BCUT2D eigenvalue weighted by molar-refractivity contribution is 0.0231. The van der Waals surface area contributed by atoms with Gasteiger partial charge >= 0.3 is 5.97 Å². The van der Waals surface area contributed by atoms with Crippen LogP contribution in [0.3, 0.4) is 0 Å². The van der Waals surface area contributed by atoms with Crippen molar-refractivity contribution in [1.29, 1.82) is 0 Å². The molecule has 0 bridgehead atoms. The van der Waals surface area contributed by atoms with Gasteiger partial charge in [-0.3, -0.25) is 0 Å². The lowest BCUT2D eigenvalue weighted by Crippen LogP contribution is -2.28. The molecule has 0 radical (unpaired) electrons. The number of rotatable bonds is 4. The Balaban J connectivity index is 3.19. The van der Waals surface area contributed by atoms with Gasteiger partial charge in [0.05, 0.1) is 11.7 Å². The van der Waals surface area contributed by atoms with E-state index in [1.165, 1.54) is 12.1 Å². The summed E-state index contributed by atoms with van der Waals surface area (Å²) in [5.41, 5.74) is 6.19. The maximum absolute atomic E-state index is 10.9. The van der Waals surface area contributed by atoms with E-state index in [4.69, 9.17) is 10.8 Å². The highest BCUT2D eigenvalue weighted by Crippen LogP contribution is 2.22. The van der Waals surface area contributed by atoms with Crippen molar-refractivity contribution in [2.75, 3.05) is 6.54 Å². The van der Waals surface area contributed by atoms with Crippen molar-refractivity contribution >= 4 is 5.97 Å². The van der Waals surface area contributed by atoms with Gasteiger partial charge in [-0.2, -0.15) is 0 Å². The summed E-state index contributed by atoms with van der Waals surface area (Å²) in [6.45, 7) is 1.64. The first-order valence-corrected chi connectivity index (χ1v) is 4.87. The van der Waals surface area contributed by atoms with Crippen LogP contribution >= 0.6 is 0 Å². The number of carboxylic acids is 1. The highest BCUT2D eigenvalue weighted by molar-refractivity contribution is 5.89. The third-order valence-corrected chi connectivity index (χ3v) is 2.36. The molecule has 1 aromatic carbocycles.